The molecule has 1 amide bonds. The Morgan fingerprint density at radius 2 is 1.75 bits per heavy atom. The molecule has 2 rings (SSSR count). The van der Waals surface area contributed by atoms with Crippen LogP contribution < -0.4 is 10.1 Å². The summed E-state index contributed by atoms with van der Waals surface area (Å²) in [5, 5.41) is 2.92. The quantitative estimate of drug-likeness (QED) is 0.745. The van der Waals surface area contributed by atoms with Crippen LogP contribution >= 0.6 is 0 Å². The van der Waals surface area contributed by atoms with Crippen molar-refractivity contribution in [2.45, 2.75) is 40.0 Å². The fourth-order valence-electron chi connectivity index (χ4n) is 2.52. The highest BCUT2D eigenvalue weighted by Gasteiger charge is 2.04. The van der Waals surface area contributed by atoms with Gasteiger partial charge in [-0.15, -0.1) is 0 Å². The summed E-state index contributed by atoms with van der Waals surface area (Å²) in [5.74, 6) is 0.958. The molecule has 0 aliphatic heterocycles. The Balaban J connectivity index is 1.66. The first-order valence-corrected chi connectivity index (χ1v) is 8.63. The molecule has 128 valence electrons. The third-order valence-electron chi connectivity index (χ3n) is 4.31. The minimum Gasteiger partial charge on any atom is -0.491 e. The van der Waals surface area contributed by atoms with Crippen molar-refractivity contribution in [1.29, 1.82) is 0 Å². The molecular weight excluding hydrogens is 298 g/mol. The van der Waals surface area contributed by atoms with E-state index in [9.17, 15) is 4.79 Å². The number of hydrogen-bond acceptors (Lipinski definition) is 2. The van der Waals surface area contributed by atoms with Gasteiger partial charge in [0.1, 0.15) is 12.4 Å². The third-order valence-corrected chi connectivity index (χ3v) is 4.31. The predicted octanol–water partition coefficient (Wildman–Crippen LogP) is 3.99. The lowest BCUT2D eigenvalue weighted by molar-refractivity contribution is -0.121. The summed E-state index contributed by atoms with van der Waals surface area (Å²) in [6.45, 7) is 7.27. The molecule has 0 spiro atoms. The van der Waals surface area contributed by atoms with Crippen molar-refractivity contribution in [3.63, 3.8) is 0 Å². The molecule has 2 aromatic rings. The summed E-state index contributed by atoms with van der Waals surface area (Å²) in [6, 6.07) is 14.5. The zero-order chi connectivity index (χ0) is 17.4. The van der Waals surface area contributed by atoms with E-state index in [1.54, 1.807) is 0 Å². The lowest BCUT2D eigenvalue weighted by Gasteiger charge is -2.11. The van der Waals surface area contributed by atoms with E-state index < -0.39 is 0 Å². The van der Waals surface area contributed by atoms with Gasteiger partial charge < -0.3 is 10.1 Å². The van der Waals surface area contributed by atoms with Crippen LogP contribution in [-0.4, -0.2) is 19.1 Å². The number of hydrogen-bond donors (Lipinski definition) is 1. The molecule has 24 heavy (non-hydrogen) atoms. The van der Waals surface area contributed by atoms with E-state index in [0.717, 1.165) is 24.2 Å². The van der Waals surface area contributed by atoms with Gasteiger partial charge in [-0.25, -0.2) is 0 Å². The van der Waals surface area contributed by atoms with Gasteiger partial charge in [0.15, 0.2) is 0 Å². The standard InChI is InChI=1S/C21H27NO2/c1-4-18-8-10-19(11-9-18)12-13-21(23)22-14-15-24-20-7-5-6-16(2)17(20)3/h5-11H,4,12-15H2,1-3H3,(H,22,23). The topological polar surface area (TPSA) is 38.3 Å². The minimum absolute atomic E-state index is 0.0686. The molecule has 0 fully saturated rings. The Labute approximate surface area is 145 Å². The average Bonchev–Trinajstić information content (AvgIpc) is 2.60. The van der Waals surface area contributed by atoms with E-state index in [4.69, 9.17) is 4.74 Å². The fraction of sp³-hybridized carbons (Fsp3) is 0.381. The van der Waals surface area contributed by atoms with Crippen LogP contribution in [0.15, 0.2) is 42.5 Å². The van der Waals surface area contributed by atoms with E-state index >= 15 is 0 Å². The van der Waals surface area contributed by atoms with Crippen LogP contribution in [0, 0.1) is 13.8 Å². The monoisotopic (exact) mass is 325 g/mol. The molecule has 0 saturated heterocycles. The van der Waals surface area contributed by atoms with Crippen molar-refractivity contribution >= 4 is 5.91 Å². The van der Waals surface area contributed by atoms with Gasteiger partial charge in [0.25, 0.3) is 0 Å². The van der Waals surface area contributed by atoms with E-state index in [-0.39, 0.29) is 5.91 Å². The highest BCUT2D eigenvalue weighted by atomic mass is 16.5. The van der Waals surface area contributed by atoms with Crippen LogP contribution in [0.1, 0.15) is 35.6 Å². The van der Waals surface area contributed by atoms with Crippen LogP contribution in [0.5, 0.6) is 5.75 Å². The van der Waals surface area contributed by atoms with E-state index in [1.165, 1.54) is 16.7 Å². The summed E-state index contributed by atoms with van der Waals surface area (Å²) in [4.78, 5) is 11.9. The summed E-state index contributed by atoms with van der Waals surface area (Å²) in [7, 11) is 0. The van der Waals surface area contributed by atoms with Gasteiger partial charge in [-0.2, -0.15) is 0 Å². The highest BCUT2D eigenvalue weighted by molar-refractivity contribution is 5.76. The summed E-state index contributed by atoms with van der Waals surface area (Å²) in [6.07, 6.45) is 2.32. The van der Waals surface area contributed by atoms with Crippen LogP contribution in [0.4, 0.5) is 0 Å². The second kappa shape index (κ2) is 9.11. The molecule has 0 bridgehead atoms. The molecule has 0 unspecified atom stereocenters. The lowest BCUT2D eigenvalue weighted by atomic mass is 10.1. The number of rotatable bonds is 8. The highest BCUT2D eigenvalue weighted by Crippen LogP contribution is 2.20. The fourth-order valence-corrected chi connectivity index (χ4v) is 2.52. The van der Waals surface area contributed by atoms with Crippen molar-refractivity contribution in [1.82, 2.24) is 5.32 Å². The van der Waals surface area contributed by atoms with Gasteiger partial charge in [0.2, 0.25) is 5.91 Å². The van der Waals surface area contributed by atoms with Crippen molar-refractivity contribution in [3.05, 3.63) is 64.7 Å². The summed E-state index contributed by atoms with van der Waals surface area (Å²) in [5.41, 5.74) is 4.89. The zero-order valence-corrected chi connectivity index (χ0v) is 14.9. The molecule has 0 aromatic heterocycles. The van der Waals surface area contributed by atoms with E-state index in [0.29, 0.717) is 19.6 Å². The van der Waals surface area contributed by atoms with Gasteiger partial charge in [-0.3, -0.25) is 4.79 Å². The predicted molar refractivity (Wildman–Crippen MR) is 98.6 cm³/mol. The Kier molecular flexibility index (Phi) is 6.86. The van der Waals surface area contributed by atoms with E-state index in [2.05, 4.69) is 49.5 Å². The molecule has 0 heterocycles. The van der Waals surface area contributed by atoms with Crippen LogP contribution in [-0.2, 0) is 17.6 Å². The molecule has 0 aliphatic rings. The smallest absolute Gasteiger partial charge is 0.220 e. The number of amides is 1. The number of ether oxygens (including phenoxy) is 1. The number of nitrogens with one attached hydrogen (secondary N) is 1. The number of carbonyl (C=O) groups is 1. The van der Waals surface area contributed by atoms with Gasteiger partial charge in [0, 0.05) is 6.42 Å². The zero-order valence-electron chi connectivity index (χ0n) is 14.9. The molecule has 3 nitrogen and oxygen atoms in total. The van der Waals surface area contributed by atoms with Gasteiger partial charge >= 0.3 is 0 Å². The molecular formula is C21H27NO2. The normalized spacial score (nSPS) is 10.5. The Morgan fingerprint density at radius 3 is 2.46 bits per heavy atom. The second-order valence-corrected chi connectivity index (χ2v) is 6.07. The minimum atomic E-state index is 0.0686. The maximum Gasteiger partial charge on any atom is 0.220 e. The molecule has 0 atom stereocenters. The number of carbonyl (C=O) groups excluding carboxylic acids is 1. The van der Waals surface area contributed by atoms with Crippen LogP contribution in [0.2, 0.25) is 0 Å². The van der Waals surface area contributed by atoms with Crippen molar-refractivity contribution in [2.24, 2.45) is 0 Å². The SMILES string of the molecule is CCc1ccc(CCC(=O)NCCOc2cccc(C)c2C)cc1. The maximum atomic E-state index is 11.9. The van der Waals surface area contributed by atoms with E-state index in [1.807, 2.05) is 19.1 Å². The first-order valence-electron chi connectivity index (χ1n) is 8.63. The van der Waals surface area contributed by atoms with Gasteiger partial charge in [-0.1, -0.05) is 43.3 Å². The first kappa shape index (κ1) is 18.1. The summed E-state index contributed by atoms with van der Waals surface area (Å²) < 4.78 is 5.74. The summed E-state index contributed by atoms with van der Waals surface area (Å²) >= 11 is 0. The second-order valence-electron chi connectivity index (χ2n) is 6.07. The molecule has 0 aliphatic carbocycles. The Bertz CT molecular complexity index is 662. The molecule has 1 N–H and O–H groups in total. The Hall–Kier alpha value is -2.29. The Morgan fingerprint density at radius 1 is 1.04 bits per heavy atom. The van der Waals surface area contributed by atoms with Crippen LogP contribution in [0.25, 0.3) is 0 Å². The molecule has 0 saturated carbocycles. The van der Waals surface area contributed by atoms with Crippen LogP contribution in [0.3, 0.4) is 0 Å². The molecule has 0 radical (unpaired) electrons. The maximum absolute atomic E-state index is 11.9. The molecule has 3 heteroatoms. The van der Waals surface area contributed by atoms with Gasteiger partial charge in [0.05, 0.1) is 6.54 Å². The number of aryl methyl sites for hydroxylation is 3. The van der Waals surface area contributed by atoms with Gasteiger partial charge in [-0.05, 0) is 55.0 Å². The number of benzene rings is 2. The average molecular weight is 325 g/mol. The molecule has 2 aromatic carbocycles. The largest absolute Gasteiger partial charge is 0.491 e. The lowest BCUT2D eigenvalue weighted by Crippen LogP contribution is -2.28. The van der Waals surface area contributed by atoms with Crippen molar-refractivity contribution < 1.29 is 9.53 Å². The third kappa shape index (κ3) is 5.41. The van der Waals surface area contributed by atoms with Crippen molar-refractivity contribution in [3.8, 4) is 5.75 Å². The first-order chi connectivity index (χ1) is 11.6. The van der Waals surface area contributed by atoms with Crippen molar-refractivity contribution in [2.75, 3.05) is 13.2 Å².